The molecule has 0 saturated carbocycles. The summed E-state index contributed by atoms with van der Waals surface area (Å²) in [6, 6.07) is 13.9. The quantitative estimate of drug-likeness (QED) is 0.300. The lowest BCUT2D eigenvalue weighted by molar-refractivity contribution is 0.591. The van der Waals surface area contributed by atoms with Gasteiger partial charge in [-0.25, -0.2) is 0 Å². The van der Waals surface area contributed by atoms with E-state index >= 15 is 0 Å². The van der Waals surface area contributed by atoms with Crippen LogP contribution < -0.4 is 0 Å². The summed E-state index contributed by atoms with van der Waals surface area (Å²) in [6.07, 6.45) is 0. The van der Waals surface area contributed by atoms with E-state index in [2.05, 4.69) is 93.6 Å². The minimum Gasteiger partial charge on any atom is -0.135 e. The zero-order chi connectivity index (χ0) is 15.4. The predicted octanol–water partition coefficient (Wildman–Crippen LogP) is 7.02. The van der Waals surface area contributed by atoms with E-state index in [-0.39, 0.29) is 8.84 Å². The first-order valence-corrected chi connectivity index (χ1v) is 9.22. The third-order valence-electron chi connectivity index (χ3n) is 4.02. The second-order valence-corrected chi connectivity index (χ2v) is 11.0. The van der Waals surface area contributed by atoms with Crippen molar-refractivity contribution in [2.45, 2.75) is 43.5 Å². The van der Waals surface area contributed by atoms with Crippen LogP contribution in [0.5, 0.6) is 0 Å². The van der Waals surface area contributed by atoms with Gasteiger partial charge in [0.25, 0.3) is 0 Å². The van der Waals surface area contributed by atoms with Gasteiger partial charge < -0.3 is 0 Å². The standard InChI is InChI=1S/C19H21IS/c1-18(2,3)12-6-8-16-14(10-12)15-11-13(19(4,5)20)7-9-17(15)21-16/h6-11H,1-5H3. The smallest absolute Gasteiger partial charge is 0.0414 e. The summed E-state index contributed by atoms with van der Waals surface area (Å²) in [6.45, 7) is 11.4. The molecule has 0 aliphatic heterocycles. The summed E-state index contributed by atoms with van der Waals surface area (Å²) in [4.78, 5) is 0. The maximum atomic E-state index is 2.52. The van der Waals surface area contributed by atoms with Gasteiger partial charge in [-0.15, -0.1) is 11.3 Å². The first-order chi connectivity index (χ1) is 9.66. The van der Waals surface area contributed by atoms with Crippen LogP contribution in [0.25, 0.3) is 20.2 Å². The Labute approximate surface area is 144 Å². The van der Waals surface area contributed by atoms with Crippen LogP contribution in [0.15, 0.2) is 36.4 Å². The number of rotatable bonds is 1. The van der Waals surface area contributed by atoms with E-state index in [0.29, 0.717) is 0 Å². The monoisotopic (exact) mass is 408 g/mol. The first kappa shape index (κ1) is 15.3. The van der Waals surface area contributed by atoms with Gasteiger partial charge in [0, 0.05) is 23.6 Å². The second-order valence-electron chi connectivity index (χ2n) is 7.25. The summed E-state index contributed by atoms with van der Waals surface area (Å²) in [7, 11) is 0. The van der Waals surface area contributed by atoms with Crippen molar-refractivity contribution in [2.75, 3.05) is 0 Å². The van der Waals surface area contributed by atoms with E-state index in [1.165, 1.54) is 31.3 Å². The number of alkyl halides is 1. The van der Waals surface area contributed by atoms with Crippen molar-refractivity contribution in [1.82, 2.24) is 0 Å². The SMILES string of the molecule is CC(C)(C)c1ccc2sc3ccc(C(C)(C)I)cc3c2c1. The molecule has 0 fully saturated rings. The zero-order valence-electron chi connectivity index (χ0n) is 13.3. The van der Waals surface area contributed by atoms with Crippen molar-refractivity contribution >= 4 is 54.1 Å². The van der Waals surface area contributed by atoms with Crippen LogP contribution in [0, 0.1) is 0 Å². The predicted molar refractivity (Wildman–Crippen MR) is 105 cm³/mol. The molecule has 0 aliphatic carbocycles. The molecule has 2 heteroatoms. The van der Waals surface area contributed by atoms with Crippen LogP contribution in [-0.4, -0.2) is 0 Å². The van der Waals surface area contributed by atoms with Crippen molar-refractivity contribution in [3.8, 4) is 0 Å². The molecule has 0 nitrogen and oxygen atoms in total. The lowest BCUT2D eigenvalue weighted by Crippen LogP contribution is -2.10. The van der Waals surface area contributed by atoms with Crippen LogP contribution in [0.4, 0.5) is 0 Å². The van der Waals surface area contributed by atoms with Crippen molar-refractivity contribution < 1.29 is 0 Å². The van der Waals surface area contributed by atoms with Crippen molar-refractivity contribution in [1.29, 1.82) is 0 Å². The molecule has 2 aromatic carbocycles. The van der Waals surface area contributed by atoms with Gasteiger partial charge in [0.1, 0.15) is 0 Å². The summed E-state index contributed by atoms with van der Waals surface area (Å²) in [5.41, 5.74) is 3.01. The van der Waals surface area contributed by atoms with Gasteiger partial charge in [0.05, 0.1) is 0 Å². The Balaban J connectivity index is 2.31. The van der Waals surface area contributed by atoms with Crippen LogP contribution in [0.1, 0.15) is 45.7 Å². The summed E-state index contributed by atoms with van der Waals surface area (Å²) in [5.74, 6) is 0. The highest BCUT2D eigenvalue weighted by Gasteiger charge is 2.18. The Bertz CT molecular complexity index is 745. The zero-order valence-corrected chi connectivity index (χ0v) is 16.2. The largest absolute Gasteiger partial charge is 0.135 e. The van der Waals surface area contributed by atoms with Gasteiger partial charge in [0.2, 0.25) is 0 Å². The lowest BCUT2D eigenvalue weighted by atomic mass is 9.86. The molecule has 3 aromatic rings. The maximum Gasteiger partial charge on any atom is 0.0414 e. The van der Waals surface area contributed by atoms with E-state index in [0.717, 1.165) is 0 Å². The molecule has 21 heavy (non-hydrogen) atoms. The molecule has 0 unspecified atom stereocenters. The number of fused-ring (bicyclic) bond motifs is 3. The lowest BCUT2D eigenvalue weighted by Gasteiger charge is -2.19. The second kappa shape index (κ2) is 4.95. The van der Waals surface area contributed by atoms with E-state index in [9.17, 15) is 0 Å². The molecule has 0 radical (unpaired) electrons. The average molecular weight is 408 g/mol. The molecule has 110 valence electrons. The van der Waals surface area contributed by atoms with Crippen LogP contribution in [0.2, 0.25) is 0 Å². The molecule has 0 bridgehead atoms. The highest BCUT2D eigenvalue weighted by atomic mass is 127. The van der Waals surface area contributed by atoms with Gasteiger partial charge in [0.15, 0.2) is 0 Å². The Morgan fingerprint density at radius 2 is 1.24 bits per heavy atom. The number of thiophene rings is 1. The number of benzene rings is 2. The molecule has 1 heterocycles. The topological polar surface area (TPSA) is 0 Å². The first-order valence-electron chi connectivity index (χ1n) is 7.32. The summed E-state index contributed by atoms with van der Waals surface area (Å²) in [5, 5.41) is 2.81. The van der Waals surface area contributed by atoms with Crippen LogP contribution in [0.3, 0.4) is 0 Å². The number of hydrogen-bond donors (Lipinski definition) is 0. The van der Waals surface area contributed by atoms with Crippen molar-refractivity contribution in [2.24, 2.45) is 0 Å². The molecule has 0 spiro atoms. The van der Waals surface area contributed by atoms with Gasteiger partial charge in [-0.3, -0.25) is 0 Å². The Morgan fingerprint density at radius 3 is 1.71 bits per heavy atom. The summed E-state index contributed by atoms with van der Waals surface area (Å²) < 4.78 is 2.95. The van der Waals surface area contributed by atoms with E-state index in [4.69, 9.17) is 0 Å². The van der Waals surface area contributed by atoms with Gasteiger partial charge >= 0.3 is 0 Å². The molecule has 3 rings (SSSR count). The van der Waals surface area contributed by atoms with Crippen LogP contribution in [-0.2, 0) is 8.84 Å². The number of hydrogen-bond acceptors (Lipinski definition) is 1. The third kappa shape index (κ3) is 2.85. The average Bonchev–Trinajstić information content (AvgIpc) is 2.73. The molecule has 0 saturated heterocycles. The van der Waals surface area contributed by atoms with Crippen molar-refractivity contribution in [3.63, 3.8) is 0 Å². The fourth-order valence-electron chi connectivity index (χ4n) is 2.61. The third-order valence-corrected chi connectivity index (χ3v) is 5.80. The maximum absolute atomic E-state index is 2.52. The number of halogens is 1. The van der Waals surface area contributed by atoms with E-state index in [1.54, 1.807) is 0 Å². The van der Waals surface area contributed by atoms with E-state index < -0.39 is 0 Å². The van der Waals surface area contributed by atoms with E-state index in [1.807, 2.05) is 11.3 Å². The Morgan fingerprint density at radius 1 is 0.762 bits per heavy atom. The molecular formula is C19H21IS. The highest BCUT2D eigenvalue weighted by Crippen LogP contribution is 2.40. The Kier molecular flexibility index (Phi) is 3.61. The normalized spacial score (nSPS) is 13.2. The molecule has 0 N–H and O–H groups in total. The van der Waals surface area contributed by atoms with Gasteiger partial charge in [-0.1, -0.05) is 55.5 Å². The summed E-state index contributed by atoms with van der Waals surface area (Å²) >= 11 is 4.42. The minimum atomic E-state index is 0.168. The molecular weight excluding hydrogens is 387 g/mol. The fraction of sp³-hybridized carbons (Fsp3) is 0.368. The molecule has 0 atom stereocenters. The molecule has 0 aliphatic rings. The van der Waals surface area contributed by atoms with Gasteiger partial charge in [-0.05, 0) is 54.7 Å². The van der Waals surface area contributed by atoms with Crippen molar-refractivity contribution in [3.05, 3.63) is 47.5 Å². The van der Waals surface area contributed by atoms with Gasteiger partial charge in [-0.2, -0.15) is 0 Å². The molecule has 1 aromatic heterocycles. The Hall–Kier alpha value is -0.610. The fourth-order valence-corrected chi connectivity index (χ4v) is 4.02. The highest BCUT2D eigenvalue weighted by molar-refractivity contribution is 14.1. The molecule has 0 amide bonds. The minimum absolute atomic E-state index is 0.168. The van der Waals surface area contributed by atoms with Crippen LogP contribution >= 0.6 is 33.9 Å².